The Morgan fingerprint density at radius 1 is 0.615 bits per heavy atom. The van der Waals surface area contributed by atoms with Crippen LogP contribution in [0.3, 0.4) is 0 Å². The molecular weight excluding hydrogens is 380 g/mol. The lowest BCUT2D eigenvalue weighted by atomic mass is 9.93. The van der Waals surface area contributed by atoms with Crippen LogP contribution in [0.4, 0.5) is 0 Å². The molecule has 0 N–H and O–H groups in total. The molecule has 0 amide bonds. The lowest BCUT2D eigenvalue weighted by molar-refractivity contribution is 1.33. The fourth-order valence-electron chi connectivity index (χ4n) is 3.96. The highest BCUT2D eigenvalue weighted by atomic mass is 79.9. The fourth-order valence-corrected chi connectivity index (χ4v) is 4.34. The Labute approximate surface area is 161 Å². The molecule has 0 nitrogen and oxygen atoms in total. The third-order valence-corrected chi connectivity index (χ3v) is 5.64. The topological polar surface area (TPSA) is 0 Å². The van der Waals surface area contributed by atoms with E-state index in [4.69, 9.17) is 0 Å². The standard InChI is InChI=1S/C25H17Br/c26-22-12-11-19-13-21-16-23(17-7-3-1-4-8-17)25(18-9-5-2-6-10-18)24(21)15-20(19)14-22/h1-15H,16H2. The van der Waals surface area contributed by atoms with E-state index in [1.807, 2.05) is 0 Å². The molecule has 1 aliphatic carbocycles. The predicted molar refractivity (Wildman–Crippen MR) is 114 cm³/mol. The van der Waals surface area contributed by atoms with Crippen LogP contribution < -0.4 is 0 Å². The van der Waals surface area contributed by atoms with Gasteiger partial charge in [-0.1, -0.05) is 88.7 Å². The van der Waals surface area contributed by atoms with Gasteiger partial charge in [0.05, 0.1) is 0 Å². The maximum absolute atomic E-state index is 3.61. The van der Waals surface area contributed by atoms with Crippen LogP contribution >= 0.6 is 15.9 Å². The number of allylic oxidation sites excluding steroid dienone is 1. The van der Waals surface area contributed by atoms with Crippen molar-refractivity contribution in [2.75, 3.05) is 0 Å². The van der Waals surface area contributed by atoms with Crippen molar-refractivity contribution >= 4 is 37.8 Å². The summed E-state index contributed by atoms with van der Waals surface area (Å²) in [6, 6.07) is 32.8. The summed E-state index contributed by atoms with van der Waals surface area (Å²) in [5.41, 5.74) is 8.17. The van der Waals surface area contributed by atoms with E-state index in [1.54, 1.807) is 0 Å². The number of hydrogen-bond acceptors (Lipinski definition) is 0. The molecule has 0 heterocycles. The molecule has 0 fully saturated rings. The van der Waals surface area contributed by atoms with Gasteiger partial charge in [0, 0.05) is 4.47 Å². The minimum atomic E-state index is 0.982. The Balaban J connectivity index is 1.80. The predicted octanol–water partition coefficient (Wildman–Crippen LogP) is 7.12. The van der Waals surface area contributed by atoms with Crippen LogP contribution in [-0.4, -0.2) is 0 Å². The van der Waals surface area contributed by atoms with Crippen molar-refractivity contribution in [2.24, 2.45) is 0 Å². The van der Waals surface area contributed by atoms with Crippen LogP contribution in [0.15, 0.2) is 95.5 Å². The largest absolute Gasteiger partial charge is 0.0622 e. The van der Waals surface area contributed by atoms with Crippen molar-refractivity contribution in [1.82, 2.24) is 0 Å². The lowest BCUT2D eigenvalue weighted by Gasteiger charge is -2.10. The Morgan fingerprint density at radius 2 is 1.31 bits per heavy atom. The van der Waals surface area contributed by atoms with Gasteiger partial charge in [-0.25, -0.2) is 0 Å². The third-order valence-electron chi connectivity index (χ3n) is 5.15. The van der Waals surface area contributed by atoms with Gasteiger partial charge in [0.2, 0.25) is 0 Å². The van der Waals surface area contributed by atoms with Gasteiger partial charge in [0.25, 0.3) is 0 Å². The van der Waals surface area contributed by atoms with E-state index < -0.39 is 0 Å². The molecule has 0 saturated carbocycles. The average Bonchev–Trinajstić information content (AvgIpc) is 3.06. The van der Waals surface area contributed by atoms with Crippen LogP contribution in [0.1, 0.15) is 22.3 Å². The highest BCUT2D eigenvalue weighted by Gasteiger charge is 2.24. The smallest absolute Gasteiger partial charge is 0.0181 e. The number of hydrogen-bond donors (Lipinski definition) is 0. The van der Waals surface area contributed by atoms with Gasteiger partial charge in [0.15, 0.2) is 0 Å². The molecule has 0 unspecified atom stereocenters. The molecule has 26 heavy (non-hydrogen) atoms. The van der Waals surface area contributed by atoms with Crippen LogP contribution in [0.2, 0.25) is 0 Å². The number of fused-ring (bicyclic) bond motifs is 2. The van der Waals surface area contributed by atoms with Gasteiger partial charge in [0.1, 0.15) is 0 Å². The SMILES string of the molecule is Brc1ccc2cc3c(cc2c1)C(c1ccccc1)=C(c1ccccc1)C3. The van der Waals surface area contributed by atoms with E-state index in [1.165, 1.54) is 44.2 Å². The Kier molecular flexibility index (Phi) is 3.76. The van der Waals surface area contributed by atoms with Crippen molar-refractivity contribution in [3.8, 4) is 0 Å². The van der Waals surface area contributed by atoms with Crippen molar-refractivity contribution in [3.63, 3.8) is 0 Å². The summed E-state index contributed by atoms with van der Waals surface area (Å²) in [4.78, 5) is 0. The molecule has 1 aliphatic rings. The monoisotopic (exact) mass is 396 g/mol. The number of halogens is 1. The van der Waals surface area contributed by atoms with Gasteiger partial charge in [-0.3, -0.25) is 0 Å². The van der Waals surface area contributed by atoms with Gasteiger partial charge in [-0.05, 0) is 68.8 Å². The summed E-state index contributed by atoms with van der Waals surface area (Å²) in [5.74, 6) is 0. The zero-order chi connectivity index (χ0) is 17.5. The first-order chi connectivity index (χ1) is 12.8. The molecule has 0 aromatic heterocycles. The first-order valence-corrected chi connectivity index (χ1v) is 9.65. The quantitative estimate of drug-likeness (QED) is 0.338. The second-order valence-corrected chi connectivity index (χ2v) is 7.68. The second-order valence-electron chi connectivity index (χ2n) is 6.76. The lowest BCUT2D eigenvalue weighted by Crippen LogP contribution is -1.89. The summed E-state index contributed by atoms with van der Waals surface area (Å²) in [5, 5.41) is 2.58. The van der Waals surface area contributed by atoms with Gasteiger partial charge >= 0.3 is 0 Å². The van der Waals surface area contributed by atoms with Gasteiger partial charge in [-0.15, -0.1) is 0 Å². The van der Waals surface area contributed by atoms with Crippen LogP contribution in [-0.2, 0) is 6.42 Å². The van der Waals surface area contributed by atoms with E-state index in [-0.39, 0.29) is 0 Å². The average molecular weight is 397 g/mol. The Hall–Kier alpha value is -2.64. The molecule has 4 aromatic rings. The molecule has 1 heteroatoms. The fraction of sp³-hybridized carbons (Fsp3) is 0.0400. The first-order valence-electron chi connectivity index (χ1n) is 8.86. The van der Waals surface area contributed by atoms with Crippen LogP contribution in [0.25, 0.3) is 21.9 Å². The number of benzene rings is 4. The molecule has 0 radical (unpaired) electrons. The zero-order valence-electron chi connectivity index (χ0n) is 14.2. The number of rotatable bonds is 2. The minimum Gasteiger partial charge on any atom is -0.0622 e. The normalized spacial score (nSPS) is 13.3. The van der Waals surface area contributed by atoms with E-state index in [0.29, 0.717) is 0 Å². The second kappa shape index (κ2) is 6.26. The highest BCUT2D eigenvalue weighted by molar-refractivity contribution is 9.10. The van der Waals surface area contributed by atoms with Crippen molar-refractivity contribution < 1.29 is 0 Å². The zero-order valence-corrected chi connectivity index (χ0v) is 15.8. The Bertz CT molecular complexity index is 1140. The minimum absolute atomic E-state index is 0.982. The van der Waals surface area contributed by atoms with Crippen LogP contribution in [0, 0.1) is 0 Å². The first kappa shape index (κ1) is 15.6. The van der Waals surface area contributed by atoms with E-state index in [2.05, 4.69) is 107 Å². The van der Waals surface area contributed by atoms with E-state index in [9.17, 15) is 0 Å². The third kappa shape index (κ3) is 2.60. The van der Waals surface area contributed by atoms with Crippen molar-refractivity contribution in [1.29, 1.82) is 0 Å². The van der Waals surface area contributed by atoms with E-state index in [0.717, 1.165) is 10.9 Å². The molecular formula is C25H17Br. The van der Waals surface area contributed by atoms with E-state index >= 15 is 0 Å². The molecule has 0 atom stereocenters. The highest BCUT2D eigenvalue weighted by Crippen LogP contribution is 2.43. The molecule has 124 valence electrons. The molecule has 0 saturated heterocycles. The summed E-state index contributed by atoms with van der Waals surface area (Å²) >= 11 is 3.61. The van der Waals surface area contributed by atoms with Crippen molar-refractivity contribution in [2.45, 2.75) is 6.42 Å². The van der Waals surface area contributed by atoms with Gasteiger partial charge in [-0.2, -0.15) is 0 Å². The van der Waals surface area contributed by atoms with Gasteiger partial charge < -0.3 is 0 Å². The summed E-state index contributed by atoms with van der Waals surface area (Å²) in [6.45, 7) is 0. The maximum atomic E-state index is 3.61. The van der Waals surface area contributed by atoms with Crippen LogP contribution in [0.5, 0.6) is 0 Å². The molecule has 0 spiro atoms. The Morgan fingerprint density at radius 3 is 2.04 bits per heavy atom. The molecule has 4 aromatic carbocycles. The van der Waals surface area contributed by atoms with Crippen molar-refractivity contribution in [3.05, 3.63) is 118 Å². The summed E-state index contributed by atoms with van der Waals surface area (Å²) in [6.07, 6.45) is 0.982. The summed E-state index contributed by atoms with van der Waals surface area (Å²) in [7, 11) is 0. The molecule has 5 rings (SSSR count). The molecule has 0 bridgehead atoms. The molecule has 0 aliphatic heterocycles. The maximum Gasteiger partial charge on any atom is 0.0181 e. The summed E-state index contributed by atoms with van der Waals surface area (Å²) < 4.78 is 1.12.